The van der Waals surface area contributed by atoms with Gasteiger partial charge in [0.2, 0.25) is 0 Å². The van der Waals surface area contributed by atoms with Crippen molar-refractivity contribution in [2.75, 3.05) is 16.8 Å². The number of nitrogens with two attached hydrogens (primary N) is 1. The summed E-state index contributed by atoms with van der Waals surface area (Å²) in [5.41, 5.74) is 8.65. The number of hydrogen-bond donors (Lipinski definition) is 1. The van der Waals surface area contributed by atoms with E-state index in [0.29, 0.717) is 31.7 Å². The predicted octanol–water partition coefficient (Wildman–Crippen LogP) is 1.40. The van der Waals surface area contributed by atoms with E-state index in [2.05, 4.69) is 31.2 Å². The number of carbonyl (C=O) groups is 1. The van der Waals surface area contributed by atoms with E-state index in [-0.39, 0.29) is 27.2 Å². The molecule has 4 nitrogen and oxygen atoms in total. The van der Waals surface area contributed by atoms with Crippen LogP contribution in [-0.4, -0.2) is 17.0 Å². The molecule has 0 saturated carbocycles. The van der Waals surface area contributed by atoms with Crippen LogP contribution in [0.2, 0.25) is 0 Å². The summed E-state index contributed by atoms with van der Waals surface area (Å²) in [6.45, 7) is 4.95. The van der Waals surface area contributed by atoms with E-state index >= 15 is 0 Å². The number of hydrogen-bond acceptors (Lipinski definition) is 4. The average molecular weight is 482 g/mol. The summed E-state index contributed by atoms with van der Waals surface area (Å²) in [5.74, 6) is 0.570. The first kappa shape index (κ1) is 21.5. The predicted molar refractivity (Wildman–Crippen MR) is 105 cm³/mol. The van der Waals surface area contributed by atoms with E-state index in [0.717, 1.165) is 16.9 Å². The van der Waals surface area contributed by atoms with Crippen molar-refractivity contribution in [1.82, 2.24) is 0 Å². The Balaban J connectivity index is 1.93. The quantitative estimate of drug-likeness (QED) is 0.173. The summed E-state index contributed by atoms with van der Waals surface area (Å²) in [7, 11) is 0. The number of carbonyl (C=O) groups excluding carboxylic acids is 1. The van der Waals surface area contributed by atoms with Crippen molar-refractivity contribution in [3.8, 4) is 5.75 Å². The van der Waals surface area contributed by atoms with E-state index in [1.165, 1.54) is 20.8 Å². The van der Waals surface area contributed by atoms with Gasteiger partial charge >= 0.3 is 159 Å². The normalized spacial score (nSPS) is 10.7. The van der Waals surface area contributed by atoms with Crippen LogP contribution in [0, 0.1) is 3.57 Å². The van der Waals surface area contributed by atoms with Crippen LogP contribution in [0.5, 0.6) is 5.75 Å². The fourth-order valence-corrected chi connectivity index (χ4v) is 5.18. The molecule has 0 aliphatic heterocycles. The van der Waals surface area contributed by atoms with Gasteiger partial charge in [0.05, 0.1) is 6.61 Å². The SMILES string of the molecule is CCCC[I-]c1ccc(COc2ccc(N)cc2CCC(=O)OCC)cc1. The second-order valence-corrected chi connectivity index (χ2v) is 9.35. The molecule has 27 heavy (non-hydrogen) atoms. The molecule has 0 spiro atoms. The topological polar surface area (TPSA) is 61.5 Å². The number of halogens is 1. The molecule has 0 amide bonds. The number of benzene rings is 2. The standard InChI is InChI=1S/C22H29INO3/c1-3-5-14-23-19-9-6-17(7-10-19)16-27-21-12-11-20(24)15-18(21)8-13-22(25)26-4-2/h6-7,9-12,15H,3-5,8,13-14,16,24H2,1-2H3/q-1. The van der Waals surface area contributed by atoms with Crippen LogP contribution >= 0.6 is 0 Å². The first-order chi connectivity index (χ1) is 13.1. The van der Waals surface area contributed by atoms with Crippen molar-refractivity contribution in [1.29, 1.82) is 0 Å². The second-order valence-electron chi connectivity index (χ2n) is 6.26. The van der Waals surface area contributed by atoms with Gasteiger partial charge in [-0.2, -0.15) is 0 Å². The van der Waals surface area contributed by atoms with Gasteiger partial charge in [-0.25, -0.2) is 0 Å². The van der Waals surface area contributed by atoms with Gasteiger partial charge in [0, 0.05) is 0 Å². The first-order valence-electron chi connectivity index (χ1n) is 9.47. The Kier molecular flexibility index (Phi) is 9.45. The zero-order valence-corrected chi connectivity index (χ0v) is 18.3. The molecule has 2 aromatic rings. The summed E-state index contributed by atoms with van der Waals surface area (Å²) >= 11 is 0.131. The summed E-state index contributed by atoms with van der Waals surface area (Å²) in [4.78, 5) is 11.6. The molecule has 148 valence electrons. The van der Waals surface area contributed by atoms with Crippen LogP contribution in [0.25, 0.3) is 0 Å². The molecule has 0 fully saturated rings. The van der Waals surface area contributed by atoms with Crippen molar-refractivity contribution in [2.45, 2.75) is 46.1 Å². The van der Waals surface area contributed by atoms with Crippen LogP contribution in [0.3, 0.4) is 0 Å². The van der Waals surface area contributed by atoms with Crippen molar-refractivity contribution in [2.24, 2.45) is 0 Å². The number of esters is 1. The molecular formula is C22H29INO3-. The van der Waals surface area contributed by atoms with Gasteiger partial charge in [-0.15, -0.1) is 0 Å². The molecule has 0 atom stereocenters. The molecule has 2 aromatic carbocycles. The minimum absolute atomic E-state index is 0.131. The number of unbranched alkanes of at least 4 members (excludes halogenated alkanes) is 1. The molecule has 0 saturated heterocycles. The number of anilines is 1. The van der Waals surface area contributed by atoms with Crippen LogP contribution in [0.15, 0.2) is 42.5 Å². The van der Waals surface area contributed by atoms with E-state index in [1.54, 1.807) is 0 Å². The monoisotopic (exact) mass is 482 g/mol. The maximum absolute atomic E-state index is 11.6. The van der Waals surface area contributed by atoms with Crippen molar-refractivity contribution < 1.29 is 35.5 Å². The third-order valence-corrected chi connectivity index (χ3v) is 6.93. The van der Waals surface area contributed by atoms with Gasteiger partial charge in [-0.1, -0.05) is 0 Å². The fourth-order valence-electron chi connectivity index (χ4n) is 2.55. The van der Waals surface area contributed by atoms with E-state index < -0.39 is 0 Å². The van der Waals surface area contributed by atoms with E-state index in [4.69, 9.17) is 15.2 Å². The zero-order chi connectivity index (χ0) is 19.5. The van der Waals surface area contributed by atoms with Gasteiger partial charge in [0.25, 0.3) is 0 Å². The number of aryl methyl sites for hydroxylation is 1. The molecule has 2 N–H and O–H groups in total. The van der Waals surface area contributed by atoms with E-state index in [1.807, 2.05) is 25.1 Å². The summed E-state index contributed by atoms with van der Waals surface area (Å²) in [6.07, 6.45) is 3.47. The molecule has 0 unspecified atom stereocenters. The minimum atomic E-state index is -0.201. The van der Waals surface area contributed by atoms with Gasteiger partial charge in [-0.3, -0.25) is 0 Å². The molecule has 0 bridgehead atoms. The Labute approximate surface area is 172 Å². The average Bonchev–Trinajstić information content (AvgIpc) is 2.67. The van der Waals surface area contributed by atoms with E-state index in [9.17, 15) is 4.79 Å². The Hall–Kier alpha value is -1.76. The van der Waals surface area contributed by atoms with Crippen LogP contribution in [0.4, 0.5) is 5.69 Å². The molecule has 0 aliphatic rings. The van der Waals surface area contributed by atoms with Gasteiger partial charge in [-0.05, 0) is 6.92 Å². The Morgan fingerprint density at radius 3 is 2.59 bits per heavy atom. The van der Waals surface area contributed by atoms with Gasteiger partial charge < -0.3 is 0 Å². The Morgan fingerprint density at radius 1 is 1.11 bits per heavy atom. The summed E-state index contributed by atoms with van der Waals surface area (Å²) in [5, 5.41) is 0. The molecule has 0 heterocycles. The fraction of sp³-hybridized carbons (Fsp3) is 0.409. The number of rotatable bonds is 11. The van der Waals surface area contributed by atoms with Gasteiger partial charge in [0.1, 0.15) is 0 Å². The number of nitrogen functional groups attached to an aromatic ring is 1. The van der Waals surface area contributed by atoms with Crippen LogP contribution in [0.1, 0.15) is 44.2 Å². The van der Waals surface area contributed by atoms with Crippen molar-refractivity contribution in [3.63, 3.8) is 0 Å². The Bertz CT molecular complexity index is 716. The first-order valence-corrected chi connectivity index (χ1v) is 12.1. The summed E-state index contributed by atoms with van der Waals surface area (Å²) in [6, 6.07) is 14.3. The molecule has 2 rings (SSSR count). The Morgan fingerprint density at radius 2 is 1.89 bits per heavy atom. The van der Waals surface area contributed by atoms with Crippen molar-refractivity contribution in [3.05, 3.63) is 57.2 Å². The molecule has 5 heteroatoms. The van der Waals surface area contributed by atoms with Crippen LogP contribution < -0.4 is 31.7 Å². The molecule has 0 aromatic heterocycles. The van der Waals surface area contributed by atoms with Gasteiger partial charge in [0.15, 0.2) is 0 Å². The molecule has 0 aliphatic carbocycles. The van der Waals surface area contributed by atoms with Crippen molar-refractivity contribution >= 4 is 11.7 Å². The van der Waals surface area contributed by atoms with Crippen LogP contribution in [-0.2, 0) is 22.6 Å². The number of alkyl halides is 1. The summed E-state index contributed by atoms with van der Waals surface area (Å²) < 4.78 is 13.8. The second kappa shape index (κ2) is 11.8. The third-order valence-electron chi connectivity index (χ3n) is 4.03. The number of ether oxygens (including phenoxy) is 2. The zero-order valence-electron chi connectivity index (χ0n) is 16.2. The maximum atomic E-state index is 11.6. The molecular weight excluding hydrogens is 453 g/mol. The third kappa shape index (κ3) is 7.79. The molecule has 0 radical (unpaired) electrons.